The van der Waals surface area contributed by atoms with Crippen LogP contribution < -0.4 is 0 Å². The lowest BCUT2D eigenvalue weighted by Crippen LogP contribution is -2.46. The molecule has 0 spiro atoms. The molecule has 4 fully saturated rings. The van der Waals surface area contributed by atoms with Crippen LogP contribution in [0.3, 0.4) is 0 Å². The molecule has 4 saturated carbocycles. The minimum Gasteiger partial charge on any atom is -0.137 e. The molecule has 0 nitrogen and oxygen atoms in total. The van der Waals surface area contributed by atoms with E-state index in [1.807, 2.05) is 0 Å². The Labute approximate surface area is 77.7 Å². The largest absolute Gasteiger partial charge is 0.137 e. The Kier molecular flexibility index (Phi) is 1.61. The molecule has 4 aliphatic carbocycles. The monoisotopic (exact) mass is 182 g/mol. The molecule has 0 saturated heterocycles. The van der Waals surface area contributed by atoms with Crippen molar-refractivity contribution >= 4 is 9.24 Å². The van der Waals surface area contributed by atoms with Crippen molar-refractivity contribution in [1.82, 2.24) is 0 Å². The first-order valence-corrected chi connectivity index (χ1v) is 6.31. The Hall–Kier alpha value is 0.430. The Morgan fingerprint density at radius 1 is 0.917 bits per heavy atom. The van der Waals surface area contributed by atoms with Crippen LogP contribution in [0.25, 0.3) is 0 Å². The maximum atomic E-state index is 3.01. The van der Waals surface area contributed by atoms with E-state index >= 15 is 0 Å². The van der Waals surface area contributed by atoms with Gasteiger partial charge in [0, 0.05) is 0 Å². The van der Waals surface area contributed by atoms with E-state index in [9.17, 15) is 0 Å². The molecule has 68 valence electrons. The predicted octanol–water partition coefficient (Wildman–Crippen LogP) is 3.08. The molecule has 0 heterocycles. The van der Waals surface area contributed by atoms with Crippen LogP contribution in [0.5, 0.6) is 0 Å². The van der Waals surface area contributed by atoms with Crippen LogP contribution in [-0.4, -0.2) is 6.16 Å². The quantitative estimate of drug-likeness (QED) is 0.547. The maximum absolute atomic E-state index is 3.01. The standard InChI is InChI=1S/C11H19P/c12-7-11-4-8-1-9(5-11)3-10(2-8)6-11/h8-10H,1-7,12H2. The lowest BCUT2D eigenvalue weighted by Gasteiger charge is -2.56. The molecule has 0 aliphatic heterocycles. The summed E-state index contributed by atoms with van der Waals surface area (Å²) in [6.07, 6.45) is 10.9. The summed E-state index contributed by atoms with van der Waals surface area (Å²) in [7, 11) is 3.01. The third-order valence-electron chi connectivity index (χ3n) is 4.60. The summed E-state index contributed by atoms with van der Waals surface area (Å²) in [6.45, 7) is 0. The first-order chi connectivity index (χ1) is 5.80. The maximum Gasteiger partial charge on any atom is -0.0255 e. The molecule has 4 bridgehead atoms. The van der Waals surface area contributed by atoms with Crippen LogP contribution in [-0.2, 0) is 0 Å². The van der Waals surface area contributed by atoms with E-state index in [2.05, 4.69) is 9.24 Å². The summed E-state index contributed by atoms with van der Waals surface area (Å²) in [6, 6.07) is 0. The number of hydrogen-bond donors (Lipinski definition) is 0. The van der Waals surface area contributed by atoms with Gasteiger partial charge in [0.2, 0.25) is 0 Å². The molecule has 1 atom stereocenters. The third kappa shape index (κ3) is 1.00. The van der Waals surface area contributed by atoms with E-state index in [0.29, 0.717) is 0 Å². The van der Waals surface area contributed by atoms with Crippen LogP contribution in [0.1, 0.15) is 38.5 Å². The lowest BCUT2D eigenvalue weighted by atomic mass is 9.50. The average molecular weight is 182 g/mol. The Balaban J connectivity index is 1.90. The van der Waals surface area contributed by atoms with E-state index in [1.165, 1.54) is 6.16 Å². The van der Waals surface area contributed by atoms with Gasteiger partial charge >= 0.3 is 0 Å². The van der Waals surface area contributed by atoms with Gasteiger partial charge in [-0.05, 0) is 67.9 Å². The first-order valence-electron chi connectivity index (χ1n) is 5.50. The van der Waals surface area contributed by atoms with Crippen molar-refractivity contribution in [3.8, 4) is 0 Å². The van der Waals surface area contributed by atoms with Crippen molar-refractivity contribution in [2.75, 3.05) is 6.16 Å². The van der Waals surface area contributed by atoms with Crippen molar-refractivity contribution in [3.05, 3.63) is 0 Å². The van der Waals surface area contributed by atoms with Crippen molar-refractivity contribution < 1.29 is 0 Å². The van der Waals surface area contributed by atoms with Crippen LogP contribution in [0.15, 0.2) is 0 Å². The summed E-state index contributed by atoms with van der Waals surface area (Å²) >= 11 is 0. The molecule has 4 aliphatic rings. The summed E-state index contributed by atoms with van der Waals surface area (Å²) < 4.78 is 0. The second-order valence-corrected chi connectivity index (χ2v) is 6.03. The molecule has 4 rings (SSSR count). The van der Waals surface area contributed by atoms with Crippen molar-refractivity contribution in [1.29, 1.82) is 0 Å². The Morgan fingerprint density at radius 2 is 1.33 bits per heavy atom. The molecule has 0 aromatic carbocycles. The molecule has 1 heteroatoms. The van der Waals surface area contributed by atoms with Gasteiger partial charge in [-0.2, -0.15) is 0 Å². The smallest absolute Gasteiger partial charge is 0.0255 e. The molecule has 0 radical (unpaired) electrons. The van der Waals surface area contributed by atoms with E-state index in [0.717, 1.165) is 23.2 Å². The van der Waals surface area contributed by atoms with Crippen LogP contribution in [0.4, 0.5) is 0 Å². The predicted molar refractivity (Wildman–Crippen MR) is 55.2 cm³/mol. The fourth-order valence-corrected chi connectivity index (χ4v) is 5.04. The fraction of sp³-hybridized carbons (Fsp3) is 1.00. The molecule has 0 aromatic rings. The Morgan fingerprint density at radius 3 is 1.67 bits per heavy atom. The summed E-state index contributed by atoms with van der Waals surface area (Å²) in [5.41, 5.74) is 0.805. The van der Waals surface area contributed by atoms with Gasteiger partial charge < -0.3 is 0 Å². The number of hydrogen-bond acceptors (Lipinski definition) is 0. The van der Waals surface area contributed by atoms with Gasteiger partial charge in [0.1, 0.15) is 0 Å². The topological polar surface area (TPSA) is 0 Å². The zero-order valence-electron chi connectivity index (χ0n) is 7.76. The molecule has 12 heavy (non-hydrogen) atoms. The van der Waals surface area contributed by atoms with Crippen LogP contribution >= 0.6 is 9.24 Å². The number of rotatable bonds is 1. The highest BCUT2D eigenvalue weighted by molar-refractivity contribution is 7.16. The lowest BCUT2D eigenvalue weighted by molar-refractivity contribution is -0.0382. The summed E-state index contributed by atoms with van der Waals surface area (Å²) in [5.74, 6) is 3.41. The molecule has 0 amide bonds. The van der Waals surface area contributed by atoms with Gasteiger partial charge in [-0.15, -0.1) is 9.24 Å². The van der Waals surface area contributed by atoms with Crippen LogP contribution in [0, 0.1) is 23.2 Å². The van der Waals surface area contributed by atoms with Crippen LogP contribution in [0.2, 0.25) is 0 Å². The molecular weight excluding hydrogens is 163 g/mol. The highest BCUT2D eigenvalue weighted by Crippen LogP contribution is 2.60. The van der Waals surface area contributed by atoms with Gasteiger partial charge in [0.25, 0.3) is 0 Å². The molecule has 0 aromatic heterocycles. The summed E-state index contributed by atoms with van der Waals surface area (Å²) in [4.78, 5) is 0. The van der Waals surface area contributed by atoms with E-state index in [-0.39, 0.29) is 0 Å². The second-order valence-electron chi connectivity index (χ2n) is 5.62. The molecule has 1 unspecified atom stereocenters. The van der Waals surface area contributed by atoms with Gasteiger partial charge in [-0.3, -0.25) is 0 Å². The average Bonchev–Trinajstić information content (AvgIpc) is 2.02. The first kappa shape index (κ1) is 7.80. The Bertz CT molecular complexity index is 162. The van der Waals surface area contributed by atoms with Gasteiger partial charge in [-0.25, -0.2) is 0 Å². The normalized spacial score (nSPS) is 56.2. The zero-order chi connectivity index (χ0) is 8.18. The van der Waals surface area contributed by atoms with E-state index in [4.69, 9.17) is 0 Å². The van der Waals surface area contributed by atoms with Gasteiger partial charge in [-0.1, -0.05) is 0 Å². The fourth-order valence-electron chi connectivity index (χ4n) is 4.54. The minimum atomic E-state index is 0.805. The summed E-state index contributed by atoms with van der Waals surface area (Å²) in [5, 5.41) is 0. The van der Waals surface area contributed by atoms with E-state index in [1.54, 1.807) is 38.5 Å². The van der Waals surface area contributed by atoms with E-state index < -0.39 is 0 Å². The SMILES string of the molecule is PCC12CC3CC(CC(C3)C1)C2. The van der Waals surface area contributed by atoms with Crippen molar-refractivity contribution in [3.63, 3.8) is 0 Å². The van der Waals surface area contributed by atoms with Gasteiger partial charge in [0.05, 0.1) is 0 Å². The molecule has 0 N–H and O–H groups in total. The second kappa shape index (κ2) is 2.47. The third-order valence-corrected chi connectivity index (χ3v) is 5.46. The molecular formula is C11H19P. The minimum absolute atomic E-state index is 0.805. The van der Waals surface area contributed by atoms with Gasteiger partial charge in [0.15, 0.2) is 0 Å². The van der Waals surface area contributed by atoms with Crippen molar-refractivity contribution in [2.45, 2.75) is 38.5 Å². The highest BCUT2D eigenvalue weighted by Gasteiger charge is 2.49. The zero-order valence-corrected chi connectivity index (χ0v) is 8.91. The van der Waals surface area contributed by atoms with Crippen molar-refractivity contribution in [2.24, 2.45) is 23.2 Å². The highest BCUT2D eigenvalue weighted by atomic mass is 31.0.